The van der Waals surface area contributed by atoms with Crippen molar-refractivity contribution in [1.82, 2.24) is 5.32 Å². The van der Waals surface area contributed by atoms with E-state index in [2.05, 4.69) is 85.9 Å². The van der Waals surface area contributed by atoms with Gasteiger partial charge in [0.1, 0.15) is 0 Å². The van der Waals surface area contributed by atoms with Gasteiger partial charge in [0.05, 0.1) is 30.9 Å². The van der Waals surface area contributed by atoms with E-state index in [0.717, 1.165) is 80.9 Å². The molecule has 1 saturated heterocycles. The van der Waals surface area contributed by atoms with Gasteiger partial charge in [0.2, 0.25) is 0 Å². The Bertz CT molecular complexity index is 4340. The van der Waals surface area contributed by atoms with Gasteiger partial charge in [-0.15, -0.1) is 0 Å². The summed E-state index contributed by atoms with van der Waals surface area (Å²) in [6, 6.07) is 94.4. The van der Waals surface area contributed by atoms with Crippen LogP contribution in [0.25, 0.3) is 33.0 Å². The molecule has 11 aromatic rings. The van der Waals surface area contributed by atoms with Crippen LogP contribution in [-0.4, -0.2) is 68.5 Å². The Morgan fingerprint density at radius 2 is 0.936 bits per heavy atom. The van der Waals surface area contributed by atoms with Crippen LogP contribution in [0.4, 0.5) is 5.69 Å². The first-order chi connectivity index (χ1) is 53.1. The molecule has 13 rings (SSSR count). The van der Waals surface area contributed by atoms with Crippen molar-refractivity contribution < 1.29 is 49.5 Å². The van der Waals surface area contributed by atoms with Crippen molar-refractivity contribution in [2.45, 2.75) is 130 Å². The molecule has 15 nitrogen and oxygen atoms in total. The first-order valence-electron chi connectivity index (χ1n) is 37.5. The van der Waals surface area contributed by atoms with E-state index < -0.39 is 29.8 Å². The lowest BCUT2D eigenvalue weighted by Gasteiger charge is -2.18. The third-order valence-electron chi connectivity index (χ3n) is 17.6. The summed E-state index contributed by atoms with van der Waals surface area (Å²) in [5.41, 5.74) is 36.6. The lowest BCUT2D eigenvalue weighted by atomic mass is 9.87. The summed E-state index contributed by atoms with van der Waals surface area (Å²) in [4.78, 5) is 51.9. The second-order valence-electron chi connectivity index (χ2n) is 26.6. The number of hydrogen-bond donors (Lipinski definition) is 10. The van der Waals surface area contributed by atoms with E-state index in [1.165, 1.54) is 72.7 Å². The largest absolute Gasteiger partial charge is 0.481 e. The number of aliphatic carboxylic acids is 4. The van der Waals surface area contributed by atoms with Crippen molar-refractivity contribution >= 4 is 46.3 Å². The summed E-state index contributed by atoms with van der Waals surface area (Å²) < 4.78 is 0. The first-order valence-corrected chi connectivity index (χ1v) is 37.5. The molecule has 11 aromatic carbocycles. The lowest BCUT2D eigenvalue weighted by Crippen LogP contribution is -2.27. The number of aromatic carboxylic acids is 1. The van der Waals surface area contributed by atoms with Gasteiger partial charge < -0.3 is 53.8 Å². The molecule has 0 amide bonds. The van der Waals surface area contributed by atoms with Gasteiger partial charge in [-0.2, -0.15) is 0 Å². The van der Waals surface area contributed by atoms with Crippen LogP contribution in [0, 0.1) is 25.7 Å². The van der Waals surface area contributed by atoms with E-state index in [0.29, 0.717) is 24.4 Å². The number of benzene rings is 11. The summed E-state index contributed by atoms with van der Waals surface area (Å²) in [6.45, 7) is 13.4. The third-order valence-corrected chi connectivity index (χ3v) is 17.6. The zero-order chi connectivity index (χ0) is 80.1. The van der Waals surface area contributed by atoms with Crippen molar-refractivity contribution in [2.75, 3.05) is 18.8 Å². The molecule has 0 aromatic heterocycles. The molecular formula is C95H113N5O10. The molecule has 578 valence electrons. The van der Waals surface area contributed by atoms with Gasteiger partial charge in [0.25, 0.3) is 0 Å². The summed E-state index contributed by atoms with van der Waals surface area (Å²) in [5.74, 6) is -2.47. The number of carboxylic acids is 5. The summed E-state index contributed by atoms with van der Waals surface area (Å²) in [5, 5.41) is 48.6. The predicted molar refractivity (Wildman–Crippen MR) is 452 cm³/mol. The number of aryl methyl sites for hydroxylation is 2. The van der Waals surface area contributed by atoms with Crippen LogP contribution in [0.2, 0.25) is 0 Å². The Morgan fingerprint density at radius 3 is 1.37 bits per heavy atom. The minimum absolute atomic E-state index is 0.0163. The number of fused-ring (bicyclic) bond motifs is 1. The maximum atomic E-state index is 11.0. The number of piperidine rings is 1. The van der Waals surface area contributed by atoms with Crippen LogP contribution in [0.5, 0.6) is 0 Å². The van der Waals surface area contributed by atoms with Gasteiger partial charge in [-0.3, -0.25) is 19.2 Å². The summed E-state index contributed by atoms with van der Waals surface area (Å²) in [6.07, 6.45) is 14.0. The van der Waals surface area contributed by atoms with Gasteiger partial charge in [0, 0.05) is 24.7 Å². The quantitative estimate of drug-likeness (QED) is 0.0318. The molecule has 2 atom stereocenters. The average molecular weight is 1480 g/mol. The molecule has 15 heteroatoms. The van der Waals surface area contributed by atoms with Crippen molar-refractivity contribution in [2.24, 2.45) is 29.0 Å². The van der Waals surface area contributed by atoms with Gasteiger partial charge in [0.15, 0.2) is 0 Å². The van der Waals surface area contributed by atoms with Gasteiger partial charge in [-0.05, 0) is 180 Å². The minimum Gasteiger partial charge on any atom is -0.481 e. The third kappa shape index (κ3) is 38.8. The highest BCUT2D eigenvalue weighted by atomic mass is 16.4. The summed E-state index contributed by atoms with van der Waals surface area (Å²) in [7, 11) is 0. The monoisotopic (exact) mass is 1480 g/mol. The molecule has 0 spiro atoms. The first kappa shape index (κ1) is 90.8. The minimum atomic E-state index is -0.894. The number of carbonyl (C=O) groups is 5. The standard InChI is InChI=1S/C14H12O2.C13H13N.C13H10O2.C12H13N.C9H10O2.C8H11N.C8H14O2.C6H13N.C6H7N.C6H10O2/c15-14(16)10-11-6-8-13(9-7-11)12-4-2-1-3-5-12;14-13(11-7-3-1-4-8-11)12-9-5-2-6-10-12;14-13(15)12-9-5-4-8-11(12)10-6-2-1-3-7-10;1-9(13)11-7-6-10-4-2-3-5-12(10)8-11;1-7-4-2-3-5-8(7)6-9(10)11;1-7-4-2-3-5-8(7)6-9;9-8(10)6-7-4-2-1-3-5-7;1-6-3-2-4-7-5-6;7-6-4-2-1-3-5-6;1-2-3-4-5-6(7)8/h1-9H,10H2,(H,15,16);1-10,13H,14H2;1-9H,(H,14,15);2-9H,13H2,1H3;2-5H,6H2,1H3,(H,10,11);2-5H,6,9H2,1H3;7H,1-6H2,(H,9,10);6-7H,2-5H2,1H3;1-5H,7H2;3-4H,2,5H2,1H3,(H,7,8)/b;;;;;;;;;4-3+. The topological polar surface area (TPSA) is 303 Å². The molecule has 1 heterocycles. The highest BCUT2D eigenvalue weighted by Crippen LogP contribution is 2.27. The molecule has 2 fully saturated rings. The summed E-state index contributed by atoms with van der Waals surface area (Å²) >= 11 is 0. The Kier molecular flexibility index (Phi) is 44.6. The van der Waals surface area contributed by atoms with Crippen molar-refractivity contribution in [3.05, 3.63) is 353 Å². The van der Waals surface area contributed by atoms with Gasteiger partial charge >= 0.3 is 29.8 Å². The Labute approximate surface area is 651 Å². The molecule has 14 N–H and O–H groups in total. The fourth-order valence-electron chi connectivity index (χ4n) is 11.4. The molecule has 1 aliphatic carbocycles. The molecule has 0 radical (unpaired) electrons. The van der Waals surface area contributed by atoms with Crippen LogP contribution >= 0.6 is 0 Å². The highest BCUT2D eigenvalue weighted by molar-refractivity contribution is 5.96. The lowest BCUT2D eigenvalue weighted by molar-refractivity contribution is -0.139. The number of nitrogens with one attached hydrogen (secondary N) is 1. The number of nitrogens with two attached hydrogens (primary N) is 4. The van der Waals surface area contributed by atoms with E-state index >= 15 is 0 Å². The molecule has 2 aliphatic rings. The number of carboxylic acid groups (broad SMARTS) is 5. The molecule has 1 aliphatic heterocycles. The van der Waals surface area contributed by atoms with E-state index in [4.69, 9.17) is 48.5 Å². The van der Waals surface area contributed by atoms with Crippen molar-refractivity contribution in [3.63, 3.8) is 0 Å². The van der Waals surface area contributed by atoms with E-state index in [-0.39, 0.29) is 31.3 Å². The van der Waals surface area contributed by atoms with E-state index in [1.54, 1.807) is 18.2 Å². The Morgan fingerprint density at radius 1 is 0.464 bits per heavy atom. The zero-order valence-corrected chi connectivity index (χ0v) is 64.4. The van der Waals surface area contributed by atoms with Gasteiger partial charge in [-0.1, -0.05) is 312 Å². The van der Waals surface area contributed by atoms with E-state index in [1.807, 2.05) is 239 Å². The maximum Gasteiger partial charge on any atom is 0.336 e. The van der Waals surface area contributed by atoms with E-state index in [9.17, 15) is 24.0 Å². The SMILES string of the molecule is CC(N)c1ccc2ccccc2c1.CC/C=C/CC(=O)O.CC1CCCNC1.Cc1ccccc1CC(=O)O.Cc1ccccc1CN.NC(c1ccccc1)c1ccccc1.Nc1ccccc1.O=C(O)CC1CCCCC1.O=C(O)Cc1ccc(-c2ccccc2)cc1.O=C(O)c1ccccc1-c1ccccc1. The molecule has 0 bridgehead atoms. The molecule has 110 heavy (non-hydrogen) atoms. The Balaban J connectivity index is 0.000000261. The number of hydrogen-bond acceptors (Lipinski definition) is 10. The number of rotatable bonds is 16. The predicted octanol–water partition coefficient (Wildman–Crippen LogP) is 20.4. The highest BCUT2D eigenvalue weighted by Gasteiger charge is 2.16. The number of allylic oxidation sites excluding steroid dienone is 1. The van der Waals surface area contributed by atoms with Crippen LogP contribution in [0.3, 0.4) is 0 Å². The van der Waals surface area contributed by atoms with Crippen molar-refractivity contribution in [3.8, 4) is 22.3 Å². The molecular weight excluding hydrogens is 1370 g/mol. The normalized spacial score (nSPS) is 12.7. The van der Waals surface area contributed by atoms with Crippen molar-refractivity contribution in [1.29, 1.82) is 0 Å². The number of para-hydroxylation sites is 1. The zero-order valence-electron chi connectivity index (χ0n) is 64.4. The average Bonchev–Trinajstić information content (AvgIpc) is 0.554. The molecule has 2 unspecified atom stereocenters. The van der Waals surface area contributed by atoms with Gasteiger partial charge in [-0.25, -0.2) is 4.79 Å². The van der Waals surface area contributed by atoms with Crippen LogP contribution in [0.15, 0.2) is 303 Å². The second kappa shape index (κ2) is 54.1. The second-order valence-corrected chi connectivity index (χ2v) is 26.6. The Hall–Kier alpha value is -11.6. The van der Waals surface area contributed by atoms with Crippen LogP contribution in [-0.2, 0) is 38.6 Å². The number of anilines is 1. The smallest absolute Gasteiger partial charge is 0.336 e. The fraction of sp³-hybridized carbons (Fsp3) is 0.253. The fourth-order valence-corrected chi connectivity index (χ4v) is 11.4. The number of nitrogen functional groups attached to an aromatic ring is 1. The van der Waals surface area contributed by atoms with Crippen LogP contribution < -0.4 is 28.3 Å². The maximum absolute atomic E-state index is 11.0. The molecule has 1 saturated carbocycles. The van der Waals surface area contributed by atoms with Crippen LogP contribution in [0.1, 0.15) is 152 Å².